The van der Waals surface area contributed by atoms with E-state index in [1.165, 1.54) is 12.1 Å². The van der Waals surface area contributed by atoms with Gasteiger partial charge in [-0.2, -0.15) is 0 Å². The lowest BCUT2D eigenvalue weighted by atomic mass is 10.1. The van der Waals surface area contributed by atoms with E-state index >= 15 is 0 Å². The molecule has 0 bridgehead atoms. The first-order chi connectivity index (χ1) is 12.0. The van der Waals surface area contributed by atoms with Gasteiger partial charge in [0, 0.05) is 13.6 Å². The van der Waals surface area contributed by atoms with Crippen LogP contribution in [-0.2, 0) is 23.1 Å². The Morgan fingerprint density at radius 3 is 2.84 bits per heavy atom. The molecule has 8 heteroatoms. The largest absolute Gasteiger partial charge is 0.370 e. The second-order valence-corrected chi connectivity index (χ2v) is 6.28. The van der Waals surface area contributed by atoms with Crippen LogP contribution in [0.25, 0.3) is 0 Å². The van der Waals surface area contributed by atoms with Crippen molar-refractivity contribution in [2.75, 3.05) is 33.3 Å². The van der Waals surface area contributed by atoms with Gasteiger partial charge in [0.1, 0.15) is 24.1 Å². The van der Waals surface area contributed by atoms with E-state index in [9.17, 15) is 9.18 Å². The number of morpholine rings is 1. The predicted octanol–water partition coefficient (Wildman–Crippen LogP) is 0.986. The average molecular weight is 347 g/mol. The van der Waals surface area contributed by atoms with Crippen LogP contribution in [0.15, 0.2) is 30.6 Å². The Labute approximate surface area is 146 Å². The minimum absolute atomic E-state index is 0.0417. The van der Waals surface area contributed by atoms with Crippen LogP contribution < -0.4 is 0 Å². The van der Waals surface area contributed by atoms with Gasteiger partial charge >= 0.3 is 0 Å². The zero-order valence-corrected chi connectivity index (χ0v) is 14.4. The van der Waals surface area contributed by atoms with Crippen molar-refractivity contribution in [1.29, 1.82) is 0 Å². The number of rotatable bonds is 5. The summed E-state index contributed by atoms with van der Waals surface area (Å²) in [6.07, 6.45) is 1.42. The van der Waals surface area contributed by atoms with Gasteiger partial charge in [0.2, 0.25) is 5.91 Å². The van der Waals surface area contributed by atoms with Crippen LogP contribution in [0, 0.1) is 5.82 Å². The molecule has 0 saturated carbocycles. The summed E-state index contributed by atoms with van der Waals surface area (Å²) >= 11 is 0. The molecule has 1 saturated heterocycles. The van der Waals surface area contributed by atoms with Crippen molar-refractivity contribution in [3.8, 4) is 0 Å². The zero-order chi connectivity index (χ0) is 17.8. The van der Waals surface area contributed by atoms with Crippen LogP contribution in [0.5, 0.6) is 0 Å². The summed E-state index contributed by atoms with van der Waals surface area (Å²) in [6, 6.07) is 6.23. The lowest BCUT2D eigenvalue weighted by Gasteiger charge is -2.34. The molecule has 0 radical (unpaired) electrons. The number of aryl methyl sites for hydroxylation is 1. The first-order valence-electron chi connectivity index (χ1n) is 8.19. The Morgan fingerprint density at radius 1 is 1.40 bits per heavy atom. The fourth-order valence-corrected chi connectivity index (χ4v) is 2.83. The van der Waals surface area contributed by atoms with Gasteiger partial charge in [0.15, 0.2) is 0 Å². The molecule has 1 amide bonds. The van der Waals surface area contributed by atoms with E-state index < -0.39 is 0 Å². The third kappa shape index (κ3) is 4.40. The molecule has 1 aliphatic rings. The molecule has 25 heavy (non-hydrogen) atoms. The number of amides is 1. The van der Waals surface area contributed by atoms with Crippen LogP contribution in [0.3, 0.4) is 0 Å². The molecule has 1 fully saturated rings. The van der Waals surface area contributed by atoms with E-state index in [0.29, 0.717) is 32.8 Å². The Kier molecular flexibility index (Phi) is 5.40. The highest BCUT2D eigenvalue weighted by molar-refractivity contribution is 5.78. The molecule has 1 aromatic carbocycles. The molecular formula is C17H22FN5O2. The van der Waals surface area contributed by atoms with Gasteiger partial charge in [0.05, 0.1) is 26.2 Å². The maximum Gasteiger partial charge on any atom is 0.236 e. The molecule has 3 rings (SSSR count). The maximum absolute atomic E-state index is 13.1. The highest BCUT2D eigenvalue weighted by Gasteiger charge is 2.26. The predicted molar refractivity (Wildman–Crippen MR) is 89.0 cm³/mol. The average Bonchev–Trinajstić information content (AvgIpc) is 3.00. The first kappa shape index (κ1) is 17.5. The number of nitrogens with zero attached hydrogens (tertiary/aromatic N) is 5. The minimum Gasteiger partial charge on any atom is -0.370 e. The highest BCUT2D eigenvalue weighted by Crippen LogP contribution is 2.22. The number of carbonyl (C=O) groups excluding carboxylic acids is 1. The molecule has 1 unspecified atom stereocenters. The molecule has 2 aromatic rings. The number of likely N-dealkylation sites (N-methyl/N-ethyl adjacent to an activating group) is 1. The number of ether oxygens (including phenoxy) is 1. The van der Waals surface area contributed by atoms with Gasteiger partial charge in [-0.1, -0.05) is 12.1 Å². The van der Waals surface area contributed by atoms with Crippen LogP contribution in [-0.4, -0.2) is 63.8 Å². The lowest BCUT2D eigenvalue weighted by molar-refractivity contribution is -0.140. The van der Waals surface area contributed by atoms with Crippen molar-refractivity contribution >= 4 is 5.91 Å². The Balaban J connectivity index is 1.56. The van der Waals surface area contributed by atoms with Crippen LogP contribution in [0.1, 0.15) is 17.5 Å². The second kappa shape index (κ2) is 7.71. The topological polar surface area (TPSA) is 63.5 Å². The highest BCUT2D eigenvalue weighted by atomic mass is 19.1. The van der Waals surface area contributed by atoms with E-state index in [0.717, 1.165) is 11.4 Å². The van der Waals surface area contributed by atoms with E-state index in [1.807, 2.05) is 23.6 Å². The van der Waals surface area contributed by atoms with Gasteiger partial charge in [-0.15, -0.1) is 10.2 Å². The van der Waals surface area contributed by atoms with Gasteiger partial charge in [-0.3, -0.25) is 9.69 Å². The summed E-state index contributed by atoms with van der Waals surface area (Å²) < 4.78 is 20.6. The normalized spacial score (nSPS) is 17.9. The number of halogens is 1. The summed E-state index contributed by atoms with van der Waals surface area (Å²) in [6.45, 7) is 2.36. The molecule has 1 aliphatic heterocycles. The third-order valence-corrected chi connectivity index (χ3v) is 4.28. The summed E-state index contributed by atoms with van der Waals surface area (Å²) in [5, 5.41) is 7.87. The maximum atomic E-state index is 13.1. The van der Waals surface area contributed by atoms with Crippen molar-refractivity contribution < 1.29 is 13.9 Å². The summed E-state index contributed by atoms with van der Waals surface area (Å²) in [5.74, 6) is 0.569. The van der Waals surface area contributed by atoms with Crippen LogP contribution >= 0.6 is 0 Å². The molecular weight excluding hydrogens is 325 g/mol. The number of carbonyl (C=O) groups is 1. The third-order valence-electron chi connectivity index (χ3n) is 4.28. The molecule has 134 valence electrons. The van der Waals surface area contributed by atoms with Crippen molar-refractivity contribution in [3.63, 3.8) is 0 Å². The van der Waals surface area contributed by atoms with Crippen LogP contribution in [0.2, 0.25) is 0 Å². The quantitative estimate of drug-likeness (QED) is 0.807. The Bertz CT molecular complexity index is 718. The molecule has 0 N–H and O–H groups in total. The standard InChI is InChI=1S/C17H22FN5O2/c1-21(10-16-20-19-12-22(16)2)11-17(24)23-7-8-25-15(9-23)13-3-5-14(18)6-4-13/h3-6,12,15H,7-11H2,1-2H3. The van der Waals surface area contributed by atoms with E-state index in [4.69, 9.17) is 4.74 Å². The number of benzene rings is 1. The molecule has 2 heterocycles. The summed E-state index contributed by atoms with van der Waals surface area (Å²) in [5.41, 5.74) is 0.881. The van der Waals surface area contributed by atoms with Crippen molar-refractivity contribution in [2.45, 2.75) is 12.6 Å². The van der Waals surface area contributed by atoms with Gasteiger partial charge in [-0.05, 0) is 24.7 Å². The van der Waals surface area contributed by atoms with E-state index in [-0.39, 0.29) is 17.8 Å². The first-order valence-corrected chi connectivity index (χ1v) is 8.19. The second-order valence-electron chi connectivity index (χ2n) is 6.28. The van der Waals surface area contributed by atoms with Crippen molar-refractivity contribution in [1.82, 2.24) is 24.6 Å². The van der Waals surface area contributed by atoms with E-state index in [1.54, 1.807) is 23.4 Å². The lowest BCUT2D eigenvalue weighted by Crippen LogP contribution is -2.46. The Morgan fingerprint density at radius 2 is 2.16 bits per heavy atom. The van der Waals surface area contributed by atoms with Crippen molar-refractivity contribution in [2.24, 2.45) is 7.05 Å². The molecule has 1 atom stereocenters. The minimum atomic E-state index is -0.280. The zero-order valence-electron chi connectivity index (χ0n) is 14.4. The number of hydrogen-bond acceptors (Lipinski definition) is 5. The fraction of sp³-hybridized carbons (Fsp3) is 0.471. The monoisotopic (exact) mass is 347 g/mol. The molecule has 0 spiro atoms. The molecule has 1 aromatic heterocycles. The number of hydrogen-bond donors (Lipinski definition) is 0. The summed E-state index contributed by atoms with van der Waals surface area (Å²) in [7, 11) is 3.75. The van der Waals surface area contributed by atoms with Gasteiger partial charge in [-0.25, -0.2) is 4.39 Å². The van der Waals surface area contributed by atoms with Crippen molar-refractivity contribution in [3.05, 3.63) is 47.8 Å². The van der Waals surface area contributed by atoms with E-state index in [2.05, 4.69) is 10.2 Å². The SMILES string of the molecule is CN(CC(=O)N1CCOC(c2ccc(F)cc2)C1)Cc1nncn1C. The number of aromatic nitrogens is 3. The smallest absolute Gasteiger partial charge is 0.236 e. The van der Waals surface area contributed by atoms with Gasteiger partial charge in [0.25, 0.3) is 0 Å². The fourth-order valence-electron chi connectivity index (χ4n) is 2.83. The molecule has 0 aliphatic carbocycles. The van der Waals surface area contributed by atoms with Crippen LogP contribution in [0.4, 0.5) is 4.39 Å². The van der Waals surface area contributed by atoms with Gasteiger partial charge < -0.3 is 14.2 Å². The molecule has 7 nitrogen and oxygen atoms in total. The Hall–Kier alpha value is -2.32. The summed E-state index contributed by atoms with van der Waals surface area (Å²) in [4.78, 5) is 16.3.